The lowest BCUT2D eigenvalue weighted by Gasteiger charge is -2.30. The van der Waals surface area contributed by atoms with Crippen LogP contribution in [0.5, 0.6) is 5.75 Å². The van der Waals surface area contributed by atoms with Gasteiger partial charge in [-0.2, -0.15) is 4.31 Å². The first kappa shape index (κ1) is 13.7. The first-order chi connectivity index (χ1) is 7.82. The molecule has 1 N–H and O–H groups in total. The lowest BCUT2D eigenvalue weighted by molar-refractivity contribution is 0.152. The van der Waals surface area contributed by atoms with E-state index in [1.165, 1.54) is 0 Å². The van der Waals surface area contributed by atoms with Crippen LogP contribution < -0.4 is 4.74 Å². The van der Waals surface area contributed by atoms with Gasteiger partial charge < -0.3 is 4.74 Å². The minimum absolute atomic E-state index is 0.331. The maximum Gasteiger partial charge on any atom is 0.429 e. The van der Waals surface area contributed by atoms with Crippen molar-refractivity contribution in [1.82, 2.24) is 4.31 Å². The number of benzene rings is 1. The van der Waals surface area contributed by atoms with Crippen LogP contribution in [0.2, 0.25) is 0 Å². The third kappa shape index (κ3) is 3.83. The molecule has 0 spiro atoms. The Labute approximate surface area is 103 Å². The van der Waals surface area contributed by atoms with E-state index in [1.54, 1.807) is 51.1 Å². The molecular formula is C11H15NO4S. The average Bonchev–Trinajstić information content (AvgIpc) is 2.15. The quantitative estimate of drug-likeness (QED) is 0.826. The fraction of sp³-hybridized carbons (Fsp3) is 0.364. The van der Waals surface area contributed by atoms with Gasteiger partial charge in [-0.1, -0.05) is 18.2 Å². The van der Waals surface area contributed by atoms with Crippen LogP contribution >= 0.6 is 0 Å². The SMILES string of the molecule is CC(C)(C)N(C(=O)Oc1ccccc1)S(=O)O. The Morgan fingerprint density at radius 3 is 2.24 bits per heavy atom. The standard InChI is InChI=1S/C11H15NO4S/c1-11(2,3)12(17(14)15)10(13)16-9-7-5-4-6-8-9/h4-8H,1-3H3,(H,14,15). The smallest absolute Gasteiger partial charge is 0.409 e. The third-order valence-corrected chi connectivity index (χ3v) is 2.89. The van der Waals surface area contributed by atoms with Gasteiger partial charge in [0, 0.05) is 0 Å². The zero-order chi connectivity index (χ0) is 13.1. The molecule has 6 heteroatoms. The van der Waals surface area contributed by atoms with Crippen LogP contribution in [-0.4, -0.2) is 24.7 Å². The largest absolute Gasteiger partial charge is 0.429 e. The molecule has 1 unspecified atom stereocenters. The summed E-state index contributed by atoms with van der Waals surface area (Å²) < 4.78 is 26.0. The van der Waals surface area contributed by atoms with Crippen molar-refractivity contribution in [2.24, 2.45) is 0 Å². The van der Waals surface area contributed by atoms with Gasteiger partial charge in [0.1, 0.15) is 5.75 Å². The summed E-state index contributed by atoms with van der Waals surface area (Å²) in [4.78, 5) is 11.8. The highest BCUT2D eigenvalue weighted by molar-refractivity contribution is 7.77. The van der Waals surface area contributed by atoms with Crippen LogP contribution in [0, 0.1) is 0 Å². The fourth-order valence-corrected chi connectivity index (χ4v) is 1.84. The Hall–Kier alpha value is -1.40. The molecule has 0 bridgehead atoms. The van der Waals surface area contributed by atoms with E-state index in [0.717, 1.165) is 4.31 Å². The lowest BCUT2D eigenvalue weighted by Crippen LogP contribution is -2.47. The van der Waals surface area contributed by atoms with Crippen molar-refractivity contribution >= 4 is 17.4 Å². The first-order valence-corrected chi connectivity index (χ1v) is 6.07. The molecule has 0 fully saturated rings. The predicted octanol–water partition coefficient (Wildman–Crippen LogP) is 2.42. The second-order valence-electron chi connectivity index (χ2n) is 4.38. The van der Waals surface area contributed by atoms with Gasteiger partial charge in [0.2, 0.25) is 0 Å². The van der Waals surface area contributed by atoms with Gasteiger partial charge in [0.05, 0.1) is 5.54 Å². The molecule has 17 heavy (non-hydrogen) atoms. The van der Waals surface area contributed by atoms with E-state index < -0.39 is 22.9 Å². The van der Waals surface area contributed by atoms with Crippen LogP contribution in [0.4, 0.5) is 4.79 Å². The molecule has 1 aromatic rings. The summed E-state index contributed by atoms with van der Waals surface area (Å²) >= 11 is -2.42. The Kier molecular flexibility index (Phi) is 4.25. The van der Waals surface area contributed by atoms with Crippen LogP contribution in [0.15, 0.2) is 30.3 Å². The number of carbonyl (C=O) groups excluding carboxylic acids is 1. The highest BCUT2D eigenvalue weighted by atomic mass is 32.2. The van der Waals surface area contributed by atoms with Gasteiger partial charge in [-0.3, -0.25) is 4.55 Å². The highest BCUT2D eigenvalue weighted by Gasteiger charge is 2.33. The molecule has 0 aliphatic heterocycles. The van der Waals surface area contributed by atoms with E-state index in [4.69, 9.17) is 9.29 Å². The zero-order valence-corrected chi connectivity index (χ0v) is 10.7. The average molecular weight is 257 g/mol. The number of ether oxygens (including phenoxy) is 1. The molecule has 0 aliphatic rings. The molecule has 0 saturated carbocycles. The Morgan fingerprint density at radius 2 is 1.82 bits per heavy atom. The van der Waals surface area contributed by atoms with E-state index >= 15 is 0 Å². The number of nitrogens with zero attached hydrogens (tertiary/aromatic N) is 1. The van der Waals surface area contributed by atoms with Crippen molar-refractivity contribution < 1.29 is 18.3 Å². The van der Waals surface area contributed by atoms with E-state index in [1.807, 2.05) is 0 Å². The van der Waals surface area contributed by atoms with Gasteiger partial charge in [-0.15, -0.1) is 0 Å². The number of rotatable bonds is 2. The van der Waals surface area contributed by atoms with E-state index in [-0.39, 0.29) is 0 Å². The first-order valence-electron chi connectivity index (χ1n) is 5.00. The second kappa shape index (κ2) is 5.29. The van der Waals surface area contributed by atoms with Crippen molar-refractivity contribution in [3.05, 3.63) is 30.3 Å². The second-order valence-corrected chi connectivity index (χ2v) is 5.20. The summed E-state index contributed by atoms with van der Waals surface area (Å²) in [6.45, 7) is 4.94. The van der Waals surface area contributed by atoms with E-state index in [0.29, 0.717) is 5.75 Å². The molecule has 1 rings (SSSR count). The Morgan fingerprint density at radius 1 is 1.29 bits per heavy atom. The summed E-state index contributed by atoms with van der Waals surface area (Å²) in [5.41, 5.74) is -0.800. The van der Waals surface area contributed by atoms with Crippen molar-refractivity contribution in [3.63, 3.8) is 0 Å². The fourth-order valence-electron chi connectivity index (χ4n) is 1.20. The van der Waals surface area contributed by atoms with Gasteiger partial charge in [-0.25, -0.2) is 9.00 Å². The lowest BCUT2D eigenvalue weighted by atomic mass is 10.1. The van der Waals surface area contributed by atoms with Crippen molar-refractivity contribution in [3.8, 4) is 5.75 Å². The third-order valence-electron chi connectivity index (χ3n) is 1.88. The van der Waals surface area contributed by atoms with E-state index in [9.17, 15) is 9.00 Å². The summed E-state index contributed by atoms with van der Waals surface area (Å²) in [6, 6.07) is 8.39. The zero-order valence-electron chi connectivity index (χ0n) is 9.91. The number of hydrogen-bond donors (Lipinski definition) is 1. The summed E-state index contributed by atoms with van der Waals surface area (Å²) in [5.74, 6) is 0.331. The normalized spacial score (nSPS) is 12.9. The summed E-state index contributed by atoms with van der Waals surface area (Å²) in [7, 11) is 0. The van der Waals surface area contributed by atoms with Crippen molar-refractivity contribution in [1.29, 1.82) is 0 Å². The molecule has 0 radical (unpaired) electrons. The molecule has 1 amide bonds. The van der Waals surface area contributed by atoms with E-state index in [2.05, 4.69) is 0 Å². The molecule has 0 aromatic heterocycles. The molecule has 0 heterocycles. The van der Waals surface area contributed by atoms with Crippen molar-refractivity contribution in [2.45, 2.75) is 26.3 Å². The molecule has 94 valence electrons. The maximum absolute atomic E-state index is 11.8. The Bertz CT molecular complexity index is 413. The summed E-state index contributed by atoms with van der Waals surface area (Å²) in [5, 5.41) is 0. The predicted molar refractivity (Wildman–Crippen MR) is 64.8 cm³/mol. The molecule has 1 aromatic carbocycles. The van der Waals surface area contributed by atoms with Crippen molar-refractivity contribution in [2.75, 3.05) is 0 Å². The van der Waals surface area contributed by atoms with Crippen LogP contribution in [-0.2, 0) is 11.3 Å². The molecule has 5 nitrogen and oxygen atoms in total. The van der Waals surface area contributed by atoms with Crippen LogP contribution in [0.25, 0.3) is 0 Å². The van der Waals surface area contributed by atoms with Gasteiger partial charge in [0.15, 0.2) is 0 Å². The molecule has 1 atom stereocenters. The molecular weight excluding hydrogens is 242 g/mol. The van der Waals surface area contributed by atoms with Crippen LogP contribution in [0.1, 0.15) is 20.8 Å². The maximum atomic E-state index is 11.8. The minimum Gasteiger partial charge on any atom is -0.409 e. The van der Waals surface area contributed by atoms with Gasteiger partial charge in [-0.05, 0) is 32.9 Å². The topological polar surface area (TPSA) is 66.8 Å². The molecule has 0 saturated heterocycles. The Balaban J connectivity index is 2.84. The monoisotopic (exact) mass is 257 g/mol. The van der Waals surface area contributed by atoms with Gasteiger partial charge >= 0.3 is 6.09 Å². The number of carbonyl (C=O) groups is 1. The number of hydrogen-bond acceptors (Lipinski definition) is 3. The number of para-hydroxylation sites is 1. The highest BCUT2D eigenvalue weighted by Crippen LogP contribution is 2.18. The summed E-state index contributed by atoms with van der Waals surface area (Å²) in [6.07, 6.45) is -0.857. The van der Waals surface area contributed by atoms with Crippen LogP contribution in [0.3, 0.4) is 0 Å². The molecule has 0 aliphatic carbocycles. The van der Waals surface area contributed by atoms with Gasteiger partial charge in [0.25, 0.3) is 11.3 Å². The minimum atomic E-state index is -2.42. The number of amides is 1.